The summed E-state index contributed by atoms with van der Waals surface area (Å²) in [7, 11) is 0. The fraction of sp³-hybridized carbons (Fsp3) is 0.250. The quantitative estimate of drug-likeness (QED) is 0.699. The Balaban J connectivity index is 2.28. The van der Waals surface area contributed by atoms with E-state index in [1.165, 1.54) is 6.33 Å². The Kier molecular flexibility index (Phi) is 2.66. The second kappa shape index (κ2) is 4.11. The number of hydrogen-bond donors (Lipinski definition) is 2. The molecule has 2 heterocycles. The van der Waals surface area contributed by atoms with Gasteiger partial charge in [-0.25, -0.2) is 9.97 Å². The Hall–Kier alpha value is -1.86. The molecule has 0 radical (unpaired) electrons. The zero-order valence-electron chi connectivity index (χ0n) is 7.74. The van der Waals surface area contributed by atoms with E-state index in [0.717, 1.165) is 0 Å². The molecule has 0 amide bonds. The van der Waals surface area contributed by atoms with Gasteiger partial charge in [0.1, 0.15) is 18.1 Å². The zero-order chi connectivity index (χ0) is 10.7. The smallest absolute Gasteiger partial charge is 0.257 e. The van der Waals surface area contributed by atoms with E-state index in [1.807, 2.05) is 0 Å². The van der Waals surface area contributed by atoms with E-state index in [2.05, 4.69) is 20.1 Å². The fourth-order valence-electron chi connectivity index (χ4n) is 0.998. The molecule has 0 fully saturated rings. The number of aliphatic hydroxyl groups is 1. The van der Waals surface area contributed by atoms with E-state index >= 15 is 0 Å². The van der Waals surface area contributed by atoms with Gasteiger partial charge in [-0.1, -0.05) is 5.16 Å². The van der Waals surface area contributed by atoms with Crippen molar-refractivity contribution in [3.05, 3.63) is 24.5 Å². The van der Waals surface area contributed by atoms with Gasteiger partial charge in [0.15, 0.2) is 0 Å². The fourth-order valence-corrected chi connectivity index (χ4v) is 0.998. The van der Waals surface area contributed by atoms with Crippen LogP contribution in [0, 0.1) is 0 Å². The van der Waals surface area contributed by atoms with Crippen LogP contribution in [0.15, 0.2) is 23.1 Å². The van der Waals surface area contributed by atoms with Crippen molar-refractivity contribution in [1.82, 2.24) is 20.1 Å². The lowest BCUT2D eigenvalue weighted by Crippen LogP contribution is -2.11. The molecule has 15 heavy (non-hydrogen) atoms. The van der Waals surface area contributed by atoms with Crippen LogP contribution >= 0.6 is 0 Å². The molecule has 0 bridgehead atoms. The molecule has 0 aliphatic carbocycles. The van der Waals surface area contributed by atoms with Gasteiger partial charge in [0.2, 0.25) is 5.82 Å². The molecule has 0 saturated heterocycles. The predicted octanol–water partition coefficient (Wildman–Crippen LogP) is -0.481. The Morgan fingerprint density at radius 1 is 1.53 bits per heavy atom. The van der Waals surface area contributed by atoms with Crippen molar-refractivity contribution in [2.75, 3.05) is 6.54 Å². The highest BCUT2D eigenvalue weighted by Gasteiger charge is 2.15. The minimum atomic E-state index is -0.937. The maximum Gasteiger partial charge on any atom is 0.257 e. The lowest BCUT2D eigenvalue weighted by Gasteiger charge is -1.97. The number of aliphatic hydroxyl groups excluding tert-OH is 1. The van der Waals surface area contributed by atoms with Gasteiger partial charge in [0, 0.05) is 12.7 Å². The molecule has 78 valence electrons. The van der Waals surface area contributed by atoms with Crippen LogP contribution in [0.3, 0.4) is 0 Å². The molecule has 2 rings (SSSR count). The maximum atomic E-state index is 9.34. The summed E-state index contributed by atoms with van der Waals surface area (Å²) in [6.07, 6.45) is 2.01. The van der Waals surface area contributed by atoms with Gasteiger partial charge in [-0.3, -0.25) is 0 Å². The summed E-state index contributed by atoms with van der Waals surface area (Å²) in [5.74, 6) is 0.394. The molecule has 7 heteroatoms. The van der Waals surface area contributed by atoms with Crippen molar-refractivity contribution >= 4 is 0 Å². The summed E-state index contributed by atoms with van der Waals surface area (Å²) in [5, 5.41) is 13.0. The van der Waals surface area contributed by atoms with Crippen molar-refractivity contribution in [2.45, 2.75) is 6.10 Å². The lowest BCUT2D eigenvalue weighted by atomic mass is 10.3. The van der Waals surface area contributed by atoms with Gasteiger partial charge < -0.3 is 15.4 Å². The van der Waals surface area contributed by atoms with Gasteiger partial charge in [-0.15, -0.1) is 0 Å². The highest BCUT2D eigenvalue weighted by molar-refractivity contribution is 5.46. The number of hydrogen-bond acceptors (Lipinski definition) is 7. The van der Waals surface area contributed by atoms with Crippen LogP contribution in [-0.2, 0) is 0 Å². The second-order valence-corrected chi connectivity index (χ2v) is 2.80. The summed E-state index contributed by atoms with van der Waals surface area (Å²) in [4.78, 5) is 11.7. The summed E-state index contributed by atoms with van der Waals surface area (Å²) in [5.41, 5.74) is 5.78. The first kappa shape index (κ1) is 9.69. The predicted molar refractivity (Wildman–Crippen MR) is 49.3 cm³/mol. The van der Waals surface area contributed by atoms with E-state index in [-0.39, 0.29) is 12.4 Å². The SMILES string of the molecule is NCC(O)c1nc(-c2ccncn2)no1. The van der Waals surface area contributed by atoms with Crippen LogP contribution in [0.25, 0.3) is 11.5 Å². The molecule has 7 nitrogen and oxygen atoms in total. The second-order valence-electron chi connectivity index (χ2n) is 2.80. The maximum absolute atomic E-state index is 9.34. The molecule has 0 saturated carbocycles. The van der Waals surface area contributed by atoms with Crippen LogP contribution in [0.1, 0.15) is 12.0 Å². The van der Waals surface area contributed by atoms with Crippen molar-refractivity contribution in [3.8, 4) is 11.5 Å². The van der Waals surface area contributed by atoms with Crippen LogP contribution < -0.4 is 5.73 Å². The monoisotopic (exact) mass is 207 g/mol. The minimum absolute atomic E-state index is 0.0331. The van der Waals surface area contributed by atoms with E-state index in [4.69, 9.17) is 10.3 Å². The minimum Gasteiger partial charge on any atom is -0.382 e. The highest BCUT2D eigenvalue weighted by atomic mass is 16.5. The van der Waals surface area contributed by atoms with E-state index < -0.39 is 6.10 Å². The Morgan fingerprint density at radius 3 is 3.07 bits per heavy atom. The third-order valence-corrected chi connectivity index (χ3v) is 1.76. The van der Waals surface area contributed by atoms with Crippen molar-refractivity contribution < 1.29 is 9.63 Å². The van der Waals surface area contributed by atoms with Crippen molar-refractivity contribution in [3.63, 3.8) is 0 Å². The van der Waals surface area contributed by atoms with Crippen molar-refractivity contribution in [2.24, 2.45) is 5.73 Å². The first-order chi connectivity index (χ1) is 7.31. The third-order valence-electron chi connectivity index (χ3n) is 1.76. The Bertz CT molecular complexity index is 430. The first-order valence-corrected chi connectivity index (χ1v) is 4.29. The summed E-state index contributed by atoms with van der Waals surface area (Å²) >= 11 is 0. The highest BCUT2D eigenvalue weighted by Crippen LogP contribution is 2.14. The van der Waals surface area contributed by atoms with E-state index in [0.29, 0.717) is 11.5 Å². The topological polar surface area (TPSA) is 111 Å². The third kappa shape index (κ3) is 1.97. The average Bonchev–Trinajstić information content (AvgIpc) is 2.78. The Morgan fingerprint density at radius 2 is 2.40 bits per heavy atom. The van der Waals surface area contributed by atoms with Gasteiger partial charge in [0.25, 0.3) is 5.89 Å². The number of nitrogens with two attached hydrogens (primary N) is 1. The normalized spacial score (nSPS) is 12.7. The molecule has 3 N–H and O–H groups in total. The van der Waals surface area contributed by atoms with Gasteiger partial charge in [-0.05, 0) is 6.07 Å². The number of rotatable bonds is 3. The zero-order valence-corrected chi connectivity index (χ0v) is 7.74. The number of nitrogens with zero attached hydrogens (tertiary/aromatic N) is 4. The number of aromatic nitrogens is 4. The van der Waals surface area contributed by atoms with Gasteiger partial charge in [0.05, 0.1) is 0 Å². The summed E-state index contributed by atoms with van der Waals surface area (Å²) in [6, 6.07) is 1.64. The summed E-state index contributed by atoms with van der Waals surface area (Å²) in [6.45, 7) is 0.0331. The average molecular weight is 207 g/mol. The largest absolute Gasteiger partial charge is 0.382 e. The van der Waals surface area contributed by atoms with Crippen LogP contribution in [0.4, 0.5) is 0 Å². The summed E-state index contributed by atoms with van der Waals surface area (Å²) < 4.78 is 4.82. The van der Waals surface area contributed by atoms with E-state index in [1.54, 1.807) is 12.3 Å². The van der Waals surface area contributed by atoms with Crippen LogP contribution in [-0.4, -0.2) is 31.8 Å². The Labute approximate surface area is 85.0 Å². The van der Waals surface area contributed by atoms with E-state index in [9.17, 15) is 5.11 Å². The van der Waals surface area contributed by atoms with Gasteiger partial charge in [-0.2, -0.15) is 4.98 Å². The first-order valence-electron chi connectivity index (χ1n) is 4.29. The van der Waals surface area contributed by atoms with Crippen LogP contribution in [0.5, 0.6) is 0 Å². The molecule has 2 aromatic rings. The lowest BCUT2D eigenvalue weighted by molar-refractivity contribution is 0.141. The van der Waals surface area contributed by atoms with Crippen LogP contribution in [0.2, 0.25) is 0 Å². The molecule has 0 aliphatic rings. The molecule has 0 aromatic carbocycles. The molecular weight excluding hydrogens is 198 g/mol. The molecular formula is C8H9N5O2. The molecule has 1 atom stereocenters. The standard InChI is InChI=1S/C8H9N5O2/c9-3-6(14)8-12-7(13-15-8)5-1-2-10-4-11-5/h1-2,4,6,14H,3,9H2. The van der Waals surface area contributed by atoms with Crippen molar-refractivity contribution in [1.29, 1.82) is 0 Å². The molecule has 0 spiro atoms. The molecule has 0 aliphatic heterocycles. The molecule has 2 aromatic heterocycles. The molecule has 1 unspecified atom stereocenters. The van der Waals surface area contributed by atoms with Gasteiger partial charge >= 0.3 is 0 Å².